The third-order valence-corrected chi connectivity index (χ3v) is 4.94. The molecule has 0 radical (unpaired) electrons. The molecule has 1 saturated carbocycles. The number of hydrogen-bond acceptors (Lipinski definition) is 2. The summed E-state index contributed by atoms with van der Waals surface area (Å²) in [5.41, 5.74) is 0.895. The molecule has 0 amide bonds. The Hall–Kier alpha value is -1.31. The van der Waals surface area contributed by atoms with E-state index in [0.29, 0.717) is 12.3 Å². The number of esters is 1. The zero-order valence-electron chi connectivity index (χ0n) is 15.2. The summed E-state index contributed by atoms with van der Waals surface area (Å²) in [5.74, 6) is 0.523. The van der Waals surface area contributed by atoms with Gasteiger partial charge in [-0.2, -0.15) is 0 Å². The van der Waals surface area contributed by atoms with E-state index in [2.05, 4.69) is 39.8 Å². The molecule has 1 aromatic rings. The number of rotatable bonds is 6. The van der Waals surface area contributed by atoms with Crippen LogP contribution in [0.15, 0.2) is 30.3 Å². The Balaban J connectivity index is 2.24. The van der Waals surface area contributed by atoms with E-state index in [9.17, 15) is 4.79 Å². The van der Waals surface area contributed by atoms with Crippen molar-refractivity contribution in [1.29, 1.82) is 0 Å². The highest BCUT2D eigenvalue weighted by Gasteiger charge is 2.46. The number of unbranched alkanes of at least 4 members (excludes halogenated alkanes) is 2. The van der Waals surface area contributed by atoms with Crippen LogP contribution >= 0.6 is 0 Å². The number of carbonyl (C=O) groups is 1. The smallest absolute Gasteiger partial charge is 0.306 e. The van der Waals surface area contributed by atoms with Gasteiger partial charge >= 0.3 is 5.97 Å². The van der Waals surface area contributed by atoms with Crippen LogP contribution in [0.1, 0.15) is 78.2 Å². The molecule has 2 unspecified atom stereocenters. The van der Waals surface area contributed by atoms with E-state index in [1.54, 1.807) is 0 Å². The fourth-order valence-corrected chi connectivity index (χ4v) is 4.38. The molecule has 2 heteroatoms. The van der Waals surface area contributed by atoms with Gasteiger partial charge in [0.25, 0.3) is 0 Å². The molecule has 2 nitrogen and oxygen atoms in total. The molecular formula is C21H32O2. The van der Waals surface area contributed by atoms with Gasteiger partial charge in [0, 0.05) is 6.42 Å². The molecule has 2 rings (SSSR count). The molecule has 1 aliphatic carbocycles. The van der Waals surface area contributed by atoms with E-state index < -0.39 is 5.60 Å². The molecule has 0 aromatic heterocycles. The average Bonchev–Trinajstić information content (AvgIpc) is 2.46. The van der Waals surface area contributed by atoms with E-state index in [4.69, 9.17) is 4.74 Å². The fraction of sp³-hybridized carbons (Fsp3) is 0.667. The Morgan fingerprint density at radius 3 is 2.48 bits per heavy atom. The van der Waals surface area contributed by atoms with Crippen LogP contribution in [0.25, 0.3) is 0 Å². The number of ether oxygens (including phenoxy) is 1. The van der Waals surface area contributed by atoms with Gasteiger partial charge in [0.1, 0.15) is 5.60 Å². The summed E-state index contributed by atoms with van der Waals surface area (Å²) in [6, 6.07) is 10.4. The minimum atomic E-state index is -0.453. The molecule has 0 saturated heterocycles. The average molecular weight is 316 g/mol. The minimum absolute atomic E-state index is 0.0350. The number of carbonyl (C=O) groups excluding carboxylic acids is 1. The van der Waals surface area contributed by atoms with Crippen molar-refractivity contribution in [3.05, 3.63) is 35.9 Å². The van der Waals surface area contributed by atoms with Gasteiger partial charge in [-0.1, -0.05) is 70.9 Å². The Bertz CT molecular complexity index is 506. The molecule has 128 valence electrons. The lowest BCUT2D eigenvalue weighted by molar-refractivity contribution is -0.173. The highest BCUT2D eigenvalue weighted by atomic mass is 16.6. The molecule has 1 aromatic carbocycles. The molecule has 1 aliphatic rings. The van der Waals surface area contributed by atoms with Crippen molar-refractivity contribution in [2.75, 3.05) is 0 Å². The highest BCUT2D eigenvalue weighted by molar-refractivity contribution is 5.70. The molecule has 1 fully saturated rings. The minimum Gasteiger partial charge on any atom is -0.454 e. The molecule has 0 aliphatic heterocycles. The van der Waals surface area contributed by atoms with Crippen LogP contribution < -0.4 is 0 Å². The first-order valence-electron chi connectivity index (χ1n) is 9.14. The predicted molar refractivity (Wildman–Crippen MR) is 95.2 cm³/mol. The van der Waals surface area contributed by atoms with E-state index in [0.717, 1.165) is 37.7 Å². The normalized spacial score (nSPS) is 26.7. The molecule has 0 heterocycles. The topological polar surface area (TPSA) is 26.3 Å². The van der Waals surface area contributed by atoms with Crippen molar-refractivity contribution >= 4 is 5.97 Å². The molecule has 0 bridgehead atoms. The van der Waals surface area contributed by atoms with Gasteiger partial charge in [-0.3, -0.25) is 4.79 Å². The maximum absolute atomic E-state index is 12.5. The first-order chi connectivity index (χ1) is 10.9. The monoisotopic (exact) mass is 316 g/mol. The van der Waals surface area contributed by atoms with Gasteiger partial charge in [0.15, 0.2) is 0 Å². The summed E-state index contributed by atoms with van der Waals surface area (Å²) in [4.78, 5) is 12.5. The van der Waals surface area contributed by atoms with E-state index >= 15 is 0 Å². The molecular weight excluding hydrogens is 284 g/mol. The Labute approximate surface area is 141 Å². The van der Waals surface area contributed by atoms with Gasteiger partial charge in [-0.05, 0) is 42.6 Å². The van der Waals surface area contributed by atoms with Crippen LogP contribution in [0.4, 0.5) is 0 Å². The van der Waals surface area contributed by atoms with Crippen molar-refractivity contribution in [2.24, 2.45) is 11.3 Å². The van der Waals surface area contributed by atoms with Crippen molar-refractivity contribution < 1.29 is 9.53 Å². The second-order valence-electron chi connectivity index (χ2n) is 8.15. The van der Waals surface area contributed by atoms with Crippen molar-refractivity contribution in [3.63, 3.8) is 0 Å². The van der Waals surface area contributed by atoms with Crippen LogP contribution in [0, 0.1) is 11.3 Å². The lowest BCUT2D eigenvalue weighted by Gasteiger charge is -2.47. The van der Waals surface area contributed by atoms with E-state index in [-0.39, 0.29) is 11.4 Å². The van der Waals surface area contributed by atoms with E-state index in [1.165, 1.54) is 6.42 Å². The SMILES string of the molecule is CCCCCC(=O)OC1(c2ccccc2)CC(C)CC(C)(C)C1. The van der Waals surface area contributed by atoms with Gasteiger partial charge in [-0.15, -0.1) is 0 Å². The Kier molecular flexibility index (Phi) is 5.89. The largest absolute Gasteiger partial charge is 0.454 e. The molecule has 2 atom stereocenters. The predicted octanol–water partition coefficient (Wildman–Crippen LogP) is 5.85. The molecule has 0 N–H and O–H groups in total. The zero-order valence-corrected chi connectivity index (χ0v) is 15.2. The summed E-state index contributed by atoms with van der Waals surface area (Å²) < 4.78 is 6.18. The second-order valence-corrected chi connectivity index (χ2v) is 8.15. The second kappa shape index (κ2) is 7.51. The van der Waals surface area contributed by atoms with Crippen molar-refractivity contribution in [2.45, 2.75) is 78.2 Å². The summed E-state index contributed by atoms with van der Waals surface area (Å²) in [5, 5.41) is 0. The van der Waals surface area contributed by atoms with Crippen LogP contribution in [-0.2, 0) is 15.1 Å². The van der Waals surface area contributed by atoms with Crippen LogP contribution in [0.5, 0.6) is 0 Å². The summed E-state index contributed by atoms with van der Waals surface area (Å²) >= 11 is 0. The fourth-order valence-electron chi connectivity index (χ4n) is 4.38. The van der Waals surface area contributed by atoms with Crippen LogP contribution in [0.3, 0.4) is 0 Å². The quantitative estimate of drug-likeness (QED) is 0.486. The maximum Gasteiger partial charge on any atom is 0.306 e. The molecule has 0 spiro atoms. The lowest BCUT2D eigenvalue weighted by Crippen LogP contribution is -2.43. The van der Waals surface area contributed by atoms with Gasteiger partial charge in [-0.25, -0.2) is 0 Å². The summed E-state index contributed by atoms with van der Waals surface area (Å²) in [7, 11) is 0. The highest BCUT2D eigenvalue weighted by Crippen LogP contribution is 2.50. The summed E-state index contributed by atoms with van der Waals surface area (Å²) in [6.45, 7) is 9.03. The first-order valence-corrected chi connectivity index (χ1v) is 9.14. The third kappa shape index (κ3) is 4.83. The van der Waals surface area contributed by atoms with Gasteiger partial charge in [0.05, 0.1) is 0 Å². The third-order valence-electron chi connectivity index (χ3n) is 4.94. The van der Waals surface area contributed by atoms with Gasteiger partial charge < -0.3 is 4.74 Å². The first kappa shape index (κ1) is 18.0. The standard InChI is InChI=1S/C21H32O2/c1-5-6-8-13-19(22)23-21(18-11-9-7-10-12-18)15-17(2)14-20(3,4)16-21/h7,9-12,17H,5-6,8,13-16H2,1-4H3. The maximum atomic E-state index is 12.5. The van der Waals surface area contributed by atoms with Crippen molar-refractivity contribution in [3.8, 4) is 0 Å². The number of hydrogen-bond donors (Lipinski definition) is 0. The Morgan fingerprint density at radius 2 is 1.87 bits per heavy atom. The lowest BCUT2D eigenvalue weighted by atomic mass is 9.63. The summed E-state index contributed by atoms with van der Waals surface area (Å²) in [6.07, 6.45) is 6.72. The number of benzene rings is 1. The van der Waals surface area contributed by atoms with Crippen LogP contribution in [-0.4, -0.2) is 5.97 Å². The van der Waals surface area contributed by atoms with Crippen molar-refractivity contribution in [1.82, 2.24) is 0 Å². The Morgan fingerprint density at radius 1 is 1.17 bits per heavy atom. The van der Waals surface area contributed by atoms with E-state index in [1.807, 2.05) is 18.2 Å². The molecule has 23 heavy (non-hydrogen) atoms. The zero-order chi connectivity index (χ0) is 16.9. The van der Waals surface area contributed by atoms with Crippen LogP contribution in [0.2, 0.25) is 0 Å². The van der Waals surface area contributed by atoms with Gasteiger partial charge in [0.2, 0.25) is 0 Å².